The molecule has 1 N–H and O–H groups in total. The van der Waals surface area contributed by atoms with Crippen LogP contribution >= 0.6 is 11.6 Å². The Hall–Kier alpha value is -3.46. The van der Waals surface area contributed by atoms with Gasteiger partial charge in [0.1, 0.15) is 11.6 Å². The first-order chi connectivity index (χ1) is 18.8. The second kappa shape index (κ2) is 9.62. The van der Waals surface area contributed by atoms with Gasteiger partial charge in [-0.15, -0.1) is 0 Å². The van der Waals surface area contributed by atoms with Crippen LogP contribution in [-0.2, 0) is 19.1 Å². The molecule has 2 fully saturated rings. The highest BCUT2D eigenvalue weighted by Crippen LogP contribution is 2.54. The van der Waals surface area contributed by atoms with Crippen molar-refractivity contribution in [2.45, 2.75) is 37.6 Å². The van der Waals surface area contributed by atoms with E-state index in [2.05, 4.69) is 0 Å². The summed E-state index contributed by atoms with van der Waals surface area (Å²) < 4.78 is 6.66. The van der Waals surface area contributed by atoms with E-state index in [1.54, 1.807) is 28.9 Å². The van der Waals surface area contributed by atoms with Crippen molar-refractivity contribution < 1.29 is 24.2 Å². The number of rotatable bonds is 4. The third kappa shape index (κ3) is 3.77. The molecule has 1 unspecified atom stereocenters. The number of aliphatic hydroxyl groups excluding tert-OH is 1. The Balaban J connectivity index is 1.48. The van der Waals surface area contributed by atoms with E-state index < -0.39 is 35.6 Å². The van der Waals surface area contributed by atoms with Crippen molar-refractivity contribution in [3.63, 3.8) is 0 Å². The number of aryl methyl sites for hydroxylation is 1. The van der Waals surface area contributed by atoms with Gasteiger partial charge in [-0.25, -0.2) is 0 Å². The van der Waals surface area contributed by atoms with Crippen molar-refractivity contribution in [1.82, 2.24) is 4.90 Å². The molecule has 9 heteroatoms. The van der Waals surface area contributed by atoms with Crippen LogP contribution in [0.4, 0.5) is 11.4 Å². The highest BCUT2D eigenvalue weighted by molar-refractivity contribution is 6.34. The van der Waals surface area contributed by atoms with E-state index in [9.17, 15) is 19.5 Å². The van der Waals surface area contributed by atoms with Crippen LogP contribution in [0.3, 0.4) is 0 Å². The molecule has 0 bridgehead atoms. The Morgan fingerprint density at radius 1 is 1.00 bits per heavy atom. The molecule has 6 atom stereocenters. The molecule has 3 amide bonds. The fourth-order valence-corrected chi connectivity index (χ4v) is 6.97. The van der Waals surface area contributed by atoms with Crippen LogP contribution in [0, 0.1) is 18.8 Å². The van der Waals surface area contributed by atoms with E-state index in [1.807, 2.05) is 67.6 Å². The molecule has 202 valence electrons. The number of benzene rings is 2. The van der Waals surface area contributed by atoms with Crippen LogP contribution in [0.1, 0.15) is 12.5 Å². The number of aliphatic hydroxyl groups is 1. The molecule has 2 aromatic carbocycles. The summed E-state index contributed by atoms with van der Waals surface area (Å²) in [5.41, 5.74) is 0.731. The van der Waals surface area contributed by atoms with Crippen molar-refractivity contribution in [2.24, 2.45) is 11.8 Å². The maximum Gasteiger partial charge on any atom is 0.253 e. The summed E-state index contributed by atoms with van der Waals surface area (Å²) in [4.78, 5) is 47.5. The number of hydrogen-bond donors (Lipinski definition) is 1. The van der Waals surface area contributed by atoms with Gasteiger partial charge in [0.15, 0.2) is 0 Å². The third-order valence-electron chi connectivity index (χ3n) is 8.36. The first kappa shape index (κ1) is 25.8. The molecule has 8 nitrogen and oxygen atoms in total. The van der Waals surface area contributed by atoms with Gasteiger partial charge in [-0.3, -0.25) is 14.4 Å². The minimum absolute atomic E-state index is 0.225. The maximum atomic E-state index is 14.4. The molecule has 0 saturated carbocycles. The van der Waals surface area contributed by atoms with Crippen molar-refractivity contribution >= 4 is 40.7 Å². The number of carbonyl (C=O) groups is 3. The van der Waals surface area contributed by atoms with E-state index in [0.717, 1.165) is 11.3 Å². The van der Waals surface area contributed by atoms with E-state index in [-0.39, 0.29) is 30.9 Å². The van der Waals surface area contributed by atoms with Gasteiger partial charge in [0, 0.05) is 18.8 Å². The number of amides is 3. The molecule has 39 heavy (non-hydrogen) atoms. The van der Waals surface area contributed by atoms with E-state index in [1.165, 1.54) is 4.90 Å². The molecule has 2 saturated heterocycles. The molecule has 4 aliphatic heterocycles. The average Bonchev–Trinajstić information content (AvgIpc) is 3.25. The molecular formula is C30H30ClN3O5. The fourth-order valence-electron chi connectivity index (χ4n) is 6.64. The summed E-state index contributed by atoms with van der Waals surface area (Å²) in [5.74, 6) is -2.73. The number of hydrogen-bond acceptors (Lipinski definition) is 5. The lowest BCUT2D eigenvalue weighted by molar-refractivity contribution is -0.143. The van der Waals surface area contributed by atoms with Crippen LogP contribution in [0.2, 0.25) is 5.02 Å². The quantitative estimate of drug-likeness (QED) is 0.594. The zero-order valence-corrected chi connectivity index (χ0v) is 22.5. The summed E-state index contributed by atoms with van der Waals surface area (Å²) in [6, 6.07) is 13.0. The minimum atomic E-state index is -1.38. The predicted octanol–water partition coefficient (Wildman–Crippen LogP) is 3.12. The van der Waals surface area contributed by atoms with Gasteiger partial charge >= 0.3 is 0 Å². The molecule has 0 aromatic heterocycles. The Labute approximate surface area is 232 Å². The molecule has 4 aliphatic rings. The fraction of sp³-hybridized carbons (Fsp3) is 0.367. The molecule has 1 spiro atoms. The summed E-state index contributed by atoms with van der Waals surface area (Å²) in [6.07, 6.45) is 6.64. The van der Waals surface area contributed by atoms with Crippen LogP contribution < -0.4 is 9.80 Å². The number of fused-ring (bicyclic) bond motifs is 2. The Morgan fingerprint density at radius 3 is 2.46 bits per heavy atom. The van der Waals surface area contributed by atoms with Gasteiger partial charge in [0.05, 0.1) is 41.3 Å². The molecule has 2 aromatic rings. The van der Waals surface area contributed by atoms with Gasteiger partial charge in [-0.05, 0) is 37.6 Å². The minimum Gasteiger partial charge on any atom is -0.394 e. The van der Waals surface area contributed by atoms with Gasteiger partial charge in [-0.2, -0.15) is 0 Å². The normalized spacial score (nSPS) is 30.7. The van der Waals surface area contributed by atoms with Crippen LogP contribution in [-0.4, -0.2) is 71.2 Å². The molecule has 0 aliphatic carbocycles. The summed E-state index contributed by atoms with van der Waals surface area (Å²) in [6.45, 7) is 3.80. The Bertz CT molecular complexity index is 1370. The lowest BCUT2D eigenvalue weighted by atomic mass is 9.77. The smallest absolute Gasteiger partial charge is 0.253 e. The average molecular weight is 548 g/mol. The zero-order chi connectivity index (χ0) is 27.5. The predicted molar refractivity (Wildman–Crippen MR) is 147 cm³/mol. The largest absolute Gasteiger partial charge is 0.394 e. The lowest BCUT2D eigenvalue weighted by Gasteiger charge is -2.37. The number of likely N-dealkylation sites (tertiary alicyclic amines) is 1. The number of anilines is 2. The molecule has 6 rings (SSSR count). The monoisotopic (exact) mass is 547 g/mol. The van der Waals surface area contributed by atoms with Crippen LogP contribution in [0.25, 0.3) is 0 Å². The van der Waals surface area contributed by atoms with E-state index in [4.69, 9.17) is 16.3 Å². The van der Waals surface area contributed by atoms with Gasteiger partial charge in [-0.1, -0.05) is 66.2 Å². The van der Waals surface area contributed by atoms with Crippen LogP contribution in [0.5, 0.6) is 0 Å². The molecular weight excluding hydrogens is 518 g/mol. The number of ether oxygens (including phenoxy) is 1. The van der Waals surface area contributed by atoms with Gasteiger partial charge in [0.25, 0.3) is 5.91 Å². The molecule has 0 radical (unpaired) electrons. The standard InChI is InChI=1S/C30H30ClN3O5/c1-18-9-6-12-21(31)25(18)33-16-8-14-30-24(28(37)34(19(2)17-35)26(30)29(33)38)23-22(39-30)13-7-15-32(27(23)36)20-10-4-3-5-11-20/h3-14,19,22-24,26,35H,15-17H2,1-2H3/t19-,22-,23+,24+,26?,30+/m1/s1. The lowest BCUT2D eigenvalue weighted by Crippen LogP contribution is -2.57. The second-order valence-electron chi connectivity index (χ2n) is 10.6. The molecule has 4 heterocycles. The van der Waals surface area contributed by atoms with Gasteiger partial charge in [0.2, 0.25) is 11.8 Å². The first-order valence-corrected chi connectivity index (χ1v) is 13.6. The van der Waals surface area contributed by atoms with Crippen molar-refractivity contribution in [3.05, 3.63) is 83.4 Å². The highest BCUT2D eigenvalue weighted by Gasteiger charge is 2.72. The zero-order valence-electron chi connectivity index (χ0n) is 21.7. The summed E-state index contributed by atoms with van der Waals surface area (Å²) in [5, 5.41) is 10.5. The van der Waals surface area contributed by atoms with E-state index >= 15 is 0 Å². The summed E-state index contributed by atoms with van der Waals surface area (Å²) in [7, 11) is 0. The topological polar surface area (TPSA) is 90.4 Å². The van der Waals surface area contributed by atoms with Crippen LogP contribution in [0.15, 0.2) is 72.8 Å². The Morgan fingerprint density at radius 2 is 1.74 bits per heavy atom. The second-order valence-corrected chi connectivity index (χ2v) is 11.0. The number of para-hydroxylation sites is 2. The van der Waals surface area contributed by atoms with Crippen molar-refractivity contribution in [1.29, 1.82) is 0 Å². The van der Waals surface area contributed by atoms with Crippen molar-refractivity contribution in [3.8, 4) is 0 Å². The first-order valence-electron chi connectivity index (χ1n) is 13.2. The van der Waals surface area contributed by atoms with Gasteiger partial charge < -0.3 is 24.5 Å². The number of nitrogens with zero attached hydrogens (tertiary/aromatic N) is 3. The highest BCUT2D eigenvalue weighted by atomic mass is 35.5. The number of halogens is 1. The van der Waals surface area contributed by atoms with Crippen molar-refractivity contribution in [2.75, 3.05) is 29.5 Å². The summed E-state index contributed by atoms with van der Waals surface area (Å²) >= 11 is 6.57. The number of carbonyl (C=O) groups excluding carboxylic acids is 3. The van der Waals surface area contributed by atoms with E-state index in [0.29, 0.717) is 17.3 Å². The SMILES string of the molecule is Cc1cccc(Cl)c1N1CC=C[C@]23O[C@@H]4C=CCN(c5ccccc5)C(=O)[C@@H]4[C@H]2C(=O)N([C@H](C)CO)C3C1=O. The third-order valence-corrected chi connectivity index (χ3v) is 8.67. The Kier molecular flexibility index (Phi) is 6.37. The maximum absolute atomic E-state index is 14.4.